The fourth-order valence-electron chi connectivity index (χ4n) is 0.999. The Morgan fingerprint density at radius 1 is 0.909 bits per heavy atom. The Hall–Kier alpha value is -0.120. The van der Waals surface area contributed by atoms with Crippen LogP contribution in [0.2, 0.25) is 0 Å². The van der Waals surface area contributed by atoms with E-state index in [-0.39, 0.29) is 0 Å². The normalized spacial score (nSPS) is 10.9. The largest absolute Gasteiger partial charge is 0.330 e. The van der Waals surface area contributed by atoms with Gasteiger partial charge in [0.15, 0.2) is 0 Å². The van der Waals surface area contributed by atoms with Gasteiger partial charge in [-0.2, -0.15) is 0 Å². The lowest BCUT2D eigenvalue weighted by Crippen LogP contribution is -2.23. The summed E-state index contributed by atoms with van der Waals surface area (Å²) in [4.78, 5) is 2.31. The third-order valence-corrected chi connectivity index (χ3v) is 1.74. The summed E-state index contributed by atoms with van der Waals surface area (Å²) in [5, 5.41) is 0. The summed E-state index contributed by atoms with van der Waals surface area (Å²) in [7, 11) is 2.13. The van der Waals surface area contributed by atoms with Gasteiger partial charge in [0, 0.05) is 0 Å². The molecule has 0 heterocycles. The van der Waals surface area contributed by atoms with Crippen LogP contribution in [0.4, 0.5) is 0 Å². The van der Waals surface area contributed by atoms with Crippen LogP contribution < -0.4 is 11.5 Å². The van der Waals surface area contributed by atoms with E-state index in [1.807, 2.05) is 0 Å². The average molecular weight is 159 g/mol. The summed E-state index contributed by atoms with van der Waals surface area (Å²) in [6, 6.07) is 0. The number of rotatable bonds is 7. The monoisotopic (exact) mass is 159 g/mol. The molecule has 0 aromatic rings. The maximum absolute atomic E-state index is 5.38. The molecular formula is C8H21N3. The average Bonchev–Trinajstić information content (AvgIpc) is 2.01. The molecule has 0 amide bonds. The molecule has 0 aromatic carbocycles. The summed E-state index contributed by atoms with van der Waals surface area (Å²) >= 11 is 0. The van der Waals surface area contributed by atoms with Gasteiger partial charge in [-0.05, 0) is 52.5 Å². The van der Waals surface area contributed by atoms with Gasteiger partial charge in [0.05, 0.1) is 0 Å². The van der Waals surface area contributed by atoms with Crippen LogP contribution in [-0.4, -0.2) is 38.1 Å². The first-order chi connectivity index (χ1) is 5.31. The minimum absolute atomic E-state index is 0.793. The molecule has 0 atom stereocenters. The minimum atomic E-state index is 0.793. The lowest BCUT2D eigenvalue weighted by Gasteiger charge is -2.15. The summed E-state index contributed by atoms with van der Waals surface area (Å²) in [6.07, 6.45) is 3.43. The van der Waals surface area contributed by atoms with Gasteiger partial charge in [0.25, 0.3) is 0 Å². The molecule has 0 bridgehead atoms. The van der Waals surface area contributed by atoms with E-state index in [1.165, 1.54) is 6.42 Å². The van der Waals surface area contributed by atoms with E-state index in [0.717, 1.165) is 39.0 Å². The molecule has 3 nitrogen and oxygen atoms in total. The molecule has 0 aliphatic rings. The van der Waals surface area contributed by atoms with E-state index in [1.54, 1.807) is 0 Å². The maximum atomic E-state index is 5.38. The molecule has 0 fully saturated rings. The van der Waals surface area contributed by atoms with Crippen molar-refractivity contribution >= 4 is 0 Å². The molecular weight excluding hydrogens is 138 g/mol. The fourth-order valence-corrected chi connectivity index (χ4v) is 0.999. The Morgan fingerprint density at radius 3 is 2.00 bits per heavy atom. The highest BCUT2D eigenvalue weighted by Crippen LogP contribution is 1.91. The maximum Gasteiger partial charge on any atom is -0.000977 e. The molecule has 11 heavy (non-hydrogen) atoms. The second kappa shape index (κ2) is 7.98. The summed E-state index contributed by atoms with van der Waals surface area (Å²) < 4.78 is 0. The highest BCUT2D eigenvalue weighted by molar-refractivity contribution is 4.52. The van der Waals surface area contributed by atoms with Crippen molar-refractivity contribution in [1.29, 1.82) is 0 Å². The van der Waals surface area contributed by atoms with E-state index in [4.69, 9.17) is 11.5 Å². The molecule has 0 unspecified atom stereocenters. The van der Waals surface area contributed by atoms with Crippen molar-refractivity contribution in [3.8, 4) is 0 Å². The minimum Gasteiger partial charge on any atom is -0.330 e. The van der Waals surface area contributed by atoms with Gasteiger partial charge < -0.3 is 16.4 Å². The lowest BCUT2D eigenvalue weighted by atomic mass is 10.3. The molecule has 0 saturated heterocycles. The van der Waals surface area contributed by atoms with Gasteiger partial charge in [-0.15, -0.1) is 0 Å². The van der Waals surface area contributed by atoms with Gasteiger partial charge in [-0.25, -0.2) is 0 Å². The second-order valence-corrected chi connectivity index (χ2v) is 2.94. The van der Waals surface area contributed by atoms with Gasteiger partial charge in [0.1, 0.15) is 0 Å². The van der Waals surface area contributed by atoms with Crippen LogP contribution in [0.5, 0.6) is 0 Å². The number of unbranched alkanes of at least 4 members (excludes halogenated alkanes) is 1. The molecule has 4 N–H and O–H groups in total. The fraction of sp³-hybridized carbons (Fsp3) is 1.00. The molecule has 3 heteroatoms. The van der Waals surface area contributed by atoms with Crippen molar-refractivity contribution in [2.75, 3.05) is 33.2 Å². The quantitative estimate of drug-likeness (QED) is 0.514. The third kappa shape index (κ3) is 7.78. The molecule has 0 saturated carbocycles. The van der Waals surface area contributed by atoms with Crippen molar-refractivity contribution < 1.29 is 0 Å². The summed E-state index contributed by atoms with van der Waals surface area (Å²) in [5.41, 5.74) is 10.8. The Kier molecular flexibility index (Phi) is 7.89. The van der Waals surface area contributed by atoms with Crippen LogP contribution in [0.1, 0.15) is 19.3 Å². The zero-order chi connectivity index (χ0) is 8.53. The molecule has 0 aromatic heterocycles. The number of nitrogens with zero attached hydrogens (tertiary/aromatic N) is 1. The number of nitrogens with two attached hydrogens (primary N) is 2. The zero-order valence-corrected chi connectivity index (χ0v) is 7.55. The van der Waals surface area contributed by atoms with Crippen LogP contribution in [0.3, 0.4) is 0 Å². The van der Waals surface area contributed by atoms with Crippen LogP contribution in [0.15, 0.2) is 0 Å². The Balaban J connectivity index is 3.02. The van der Waals surface area contributed by atoms with Crippen molar-refractivity contribution in [2.45, 2.75) is 19.3 Å². The van der Waals surface area contributed by atoms with Gasteiger partial charge in [0.2, 0.25) is 0 Å². The summed E-state index contributed by atoms with van der Waals surface area (Å²) in [5.74, 6) is 0. The Bertz CT molecular complexity index is 75.7. The van der Waals surface area contributed by atoms with Crippen molar-refractivity contribution in [2.24, 2.45) is 11.5 Å². The van der Waals surface area contributed by atoms with E-state index >= 15 is 0 Å². The molecule has 0 aliphatic carbocycles. The Morgan fingerprint density at radius 2 is 1.45 bits per heavy atom. The first kappa shape index (κ1) is 10.9. The van der Waals surface area contributed by atoms with Crippen LogP contribution in [0, 0.1) is 0 Å². The van der Waals surface area contributed by atoms with Gasteiger partial charge in [-0.1, -0.05) is 0 Å². The van der Waals surface area contributed by atoms with E-state index in [2.05, 4.69) is 11.9 Å². The van der Waals surface area contributed by atoms with E-state index < -0.39 is 0 Å². The molecule has 0 aliphatic heterocycles. The van der Waals surface area contributed by atoms with Crippen molar-refractivity contribution in [3.05, 3.63) is 0 Å². The predicted octanol–water partition coefficient (Wildman–Crippen LogP) is 0.00590. The standard InChI is InChI=1S/C8H21N3/c1-11(8-4-6-10)7-3-2-5-9/h2-10H2,1H3. The van der Waals surface area contributed by atoms with E-state index in [9.17, 15) is 0 Å². The van der Waals surface area contributed by atoms with Gasteiger partial charge >= 0.3 is 0 Å². The Labute approximate surface area is 69.7 Å². The molecule has 0 radical (unpaired) electrons. The smallest absolute Gasteiger partial charge is 0.000977 e. The highest BCUT2D eigenvalue weighted by atomic mass is 15.1. The molecule has 0 rings (SSSR count). The molecule has 0 spiro atoms. The van der Waals surface area contributed by atoms with Crippen LogP contribution in [-0.2, 0) is 0 Å². The lowest BCUT2D eigenvalue weighted by molar-refractivity contribution is 0.324. The predicted molar refractivity (Wildman–Crippen MR) is 49.5 cm³/mol. The van der Waals surface area contributed by atoms with Gasteiger partial charge in [-0.3, -0.25) is 0 Å². The highest BCUT2D eigenvalue weighted by Gasteiger charge is 1.95. The van der Waals surface area contributed by atoms with Crippen LogP contribution in [0.25, 0.3) is 0 Å². The van der Waals surface area contributed by atoms with Crippen LogP contribution >= 0.6 is 0 Å². The third-order valence-electron chi connectivity index (χ3n) is 1.74. The number of hydrogen-bond acceptors (Lipinski definition) is 3. The number of hydrogen-bond donors (Lipinski definition) is 2. The SMILES string of the molecule is CN(CCCN)CCCCN. The molecule has 68 valence electrons. The first-order valence-corrected chi connectivity index (χ1v) is 4.40. The first-order valence-electron chi connectivity index (χ1n) is 4.40. The topological polar surface area (TPSA) is 55.3 Å². The summed E-state index contributed by atoms with van der Waals surface area (Å²) in [6.45, 7) is 3.87. The van der Waals surface area contributed by atoms with Crippen molar-refractivity contribution in [1.82, 2.24) is 4.90 Å². The zero-order valence-electron chi connectivity index (χ0n) is 7.55. The van der Waals surface area contributed by atoms with E-state index in [0.29, 0.717) is 0 Å². The second-order valence-electron chi connectivity index (χ2n) is 2.94. The van der Waals surface area contributed by atoms with Crippen molar-refractivity contribution in [3.63, 3.8) is 0 Å².